The molecule has 21 heavy (non-hydrogen) atoms. The number of nitrogens with one attached hydrogen (secondary N) is 1. The molecule has 0 saturated carbocycles. The van der Waals surface area contributed by atoms with Crippen molar-refractivity contribution >= 4 is 33.0 Å². The van der Waals surface area contributed by atoms with Crippen molar-refractivity contribution in [3.8, 4) is 0 Å². The van der Waals surface area contributed by atoms with Crippen molar-refractivity contribution in [2.45, 2.75) is 25.7 Å². The summed E-state index contributed by atoms with van der Waals surface area (Å²) < 4.78 is 27.6. The Bertz CT molecular complexity index is 802. The molecule has 0 unspecified atom stereocenters. The number of benzene rings is 2. The van der Waals surface area contributed by atoms with Gasteiger partial charge in [0.05, 0.1) is 11.4 Å². The van der Waals surface area contributed by atoms with Crippen LogP contribution in [0.5, 0.6) is 0 Å². The molecule has 0 aliphatic carbocycles. The standard InChI is InChI=1S/C15H17ClN2O2S/c1-9-5-7-14(17)15(11(9)3)21(19,20)18-12-6-4-10(2)13(16)8-12/h4-8,18H,17H2,1-3H3. The van der Waals surface area contributed by atoms with Crippen LogP contribution in [0.1, 0.15) is 16.7 Å². The summed E-state index contributed by atoms with van der Waals surface area (Å²) in [6.45, 7) is 5.43. The highest BCUT2D eigenvalue weighted by molar-refractivity contribution is 7.93. The topological polar surface area (TPSA) is 72.2 Å². The van der Waals surface area contributed by atoms with Crippen molar-refractivity contribution < 1.29 is 8.42 Å². The number of nitrogens with two attached hydrogens (primary N) is 1. The van der Waals surface area contributed by atoms with Crippen LogP contribution in [0, 0.1) is 20.8 Å². The van der Waals surface area contributed by atoms with Gasteiger partial charge in [-0.25, -0.2) is 8.42 Å². The second-order valence-corrected chi connectivity index (χ2v) is 7.02. The molecule has 0 spiro atoms. The SMILES string of the molecule is Cc1ccc(NS(=O)(=O)c2c(N)ccc(C)c2C)cc1Cl. The highest BCUT2D eigenvalue weighted by atomic mass is 35.5. The number of hydrogen-bond donors (Lipinski definition) is 2. The highest BCUT2D eigenvalue weighted by Gasteiger charge is 2.21. The fraction of sp³-hybridized carbons (Fsp3) is 0.200. The normalized spacial score (nSPS) is 11.4. The molecule has 4 nitrogen and oxygen atoms in total. The molecule has 0 fully saturated rings. The molecule has 0 bridgehead atoms. The summed E-state index contributed by atoms with van der Waals surface area (Å²) in [7, 11) is -3.76. The third kappa shape index (κ3) is 3.14. The maximum absolute atomic E-state index is 12.6. The molecule has 0 aliphatic rings. The largest absolute Gasteiger partial charge is 0.398 e. The van der Waals surface area contributed by atoms with Crippen LogP contribution in [0.4, 0.5) is 11.4 Å². The van der Waals surface area contributed by atoms with E-state index >= 15 is 0 Å². The zero-order valence-corrected chi connectivity index (χ0v) is 13.6. The second kappa shape index (κ2) is 5.58. The predicted molar refractivity (Wildman–Crippen MR) is 87.3 cm³/mol. The fourth-order valence-electron chi connectivity index (χ4n) is 2.03. The number of rotatable bonds is 3. The van der Waals surface area contributed by atoms with E-state index in [9.17, 15) is 8.42 Å². The number of sulfonamides is 1. The minimum atomic E-state index is -3.76. The Hall–Kier alpha value is -1.72. The number of hydrogen-bond acceptors (Lipinski definition) is 3. The van der Waals surface area contributed by atoms with Gasteiger partial charge in [-0.2, -0.15) is 0 Å². The molecule has 0 radical (unpaired) electrons. The molecule has 2 aromatic rings. The van der Waals surface area contributed by atoms with E-state index in [-0.39, 0.29) is 10.6 Å². The predicted octanol–water partition coefficient (Wildman–Crippen LogP) is 3.65. The molecule has 0 saturated heterocycles. The van der Waals surface area contributed by atoms with Gasteiger partial charge in [0.2, 0.25) is 0 Å². The van der Waals surface area contributed by atoms with Crippen LogP contribution in [0.3, 0.4) is 0 Å². The van der Waals surface area contributed by atoms with Crippen LogP contribution in [0.2, 0.25) is 5.02 Å². The van der Waals surface area contributed by atoms with Crippen LogP contribution in [-0.2, 0) is 10.0 Å². The van der Waals surface area contributed by atoms with Gasteiger partial charge in [0.1, 0.15) is 4.90 Å². The van der Waals surface area contributed by atoms with Gasteiger partial charge in [0, 0.05) is 5.02 Å². The lowest BCUT2D eigenvalue weighted by Gasteiger charge is -2.14. The fourth-order valence-corrected chi connectivity index (χ4v) is 3.69. The van der Waals surface area contributed by atoms with Crippen molar-refractivity contribution in [1.29, 1.82) is 0 Å². The van der Waals surface area contributed by atoms with E-state index in [0.29, 0.717) is 16.3 Å². The second-order valence-electron chi connectivity index (χ2n) is 5.00. The summed E-state index contributed by atoms with van der Waals surface area (Å²) >= 11 is 6.02. The highest BCUT2D eigenvalue weighted by Crippen LogP contribution is 2.28. The van der Waals surface area contributed by atoms with Gasteiger partial charge in [-0.05, 0) is 55.7 Å². The van der Waals surface area contributed by atoms with Crippen molar-refractivity contribution in [2.24, 2.45) is 0 Å². The Labute approximate surface area is 130 Å². The molecule has 0 heterocycles. The van der Waals surface area contributed by atoms with Gasteiger partial charge in [0.15, 0.2) is 0 Å². The maximum atomic E-state index is 12.6. The van der Waals surface area contributed by atoms with E-state index in [0.717, 1.165) is 11.1 Å². The van der Waals surface area contributed by atoms with Crippen molar-refractivity contribution in [3.05, 3.63) is 52.0 Å². The van der Waals surface area contributed by atoms with Crippen molar-refractivity contribution in [2.75, 3.05) is 10.5 Å². The molecule has 3 N–H and O–H groups in total. The molecule has 2 aromatic carbocycles. The van der Waals surface area contributed by atoms with Gasteiger partial charge in [-0.15, -0.1) is 0 Å². The first-order valence-corrected chi connectivity index (χ1v) is 8.23. The average Bonchev–Trinajstić information content (AvgIpc) is 2.38. The molecule has 6 heteroatoms. The Morgan fingerprint density at radius 2 is 1.67 bits per heavy atom. The van der Waals surface area contributed by atoms with Crippen LogP contribution in [-0.4, -0.2) is 8.42 Å². The lowest BCUT2D eigenvalue weighted by atomic mass is 10.1. The van der Waals surface area contributed by atoms with Crippen LogP contribution >= 0.6 is 11.6 Å². The molecule has 0 aromatic heterocycles. The van der Waals surface area contributed by atoms with Crippen molar-refractivity contribution in [3.63, 3.8) is 0 Å². The molecular formula is C15H17ClN2O2S. The van der Waals surface area contributed by atoms with E-state index in [1.807, 2.05) is 13.8 Å². The zero-order valence-electron chi connectivity index (χ0n) is 12.1. The van der Waals surface area contributed by atoms with Gasteiger partial charge in [-0.3, -0.25) is 4.72 Å². The first-order valence-electron chi connectivity index (χ1n) is 6.37. The van der Waals surface area contributed by atoms with Gasteiger partial charge < -0.3 is 5.73 Å². The van der Waals surface area contributed by atoms with E-state index in [2.05, 4.69) is 4.72 Å². The monoisotopic (exact) mass is 324 g/mol. The number of aryl methyl sites for hydroxylation is 2. The Kier molecular flexibility index (Phi) is 4.16. The summed E-state index contributed by atoms with van der Waals surface area (Å²) in [5.41, 5.74) is 8.86. The quantitative estimate of drug-likeness (QED) is 0.846. The minimum absolute atomic E-state index is 0.110. The molecule has 0 atom stereocenters. The van der Waals surface area contributed by atoms with Gasteiger partial charge in [-0.1, -0.05) is 23.7 Å². The Morgan fingerprint density at radius 1 is 1.05 bits per heavy atom. The van der Waals surface area contributed by atoms with Crippen LogP contribution in [0.25, 0.3) is 0 Å². The van der Waals surface area contributed by atoms with Crippen molar-refractivity contribution in [1.82, 2.24) is 0 Å². The van der Waals surface area contributed by atoms with Crippen LogP contribution in [0.15, 0.2) is 35.2 Å². The third-order valence-corrected chi connectivity index (χ3v) is 5.39. The third-order valence-electron chi connectivity index (χ3n) is 3.40. The zero-order chi connectivity index (χ0) is 15.8. The maximum Gasteiger partial charge on any atom is 0.264 e. The average molecular weight is 325 g/mol. The Morgan fingerprint density at radius 3 is 2.29 bits per heavy atom. The minimum Gasteiger partial charge on any atom is -0.398 e. The van der Waals surface area contributed by atoms with E-state index < -0.39 is 10.0 Å². The Balaban J connectivity index is 2.48. The number of halogens is 1. The van der Waals surface area contributed by atoms with E-state index in [1.54, 1.807) is 37.3 Å². The van der Waals surface area contributed by atoms with Crippen LogP contribution < -0.4 is 10.5 Å². The smallest absolute Gasteiger partial charge is 0.264 e. The molecule has 2 rings (SSSR count). The summed E-state index contributed by atoms with van der Waals surface area (Å²) in [5, 5.41) is 0.504. The number of nitrogen functional groups attached to an aromatic ring is 1. The molecule has 112 valence electrons. The number of anilines is 2. The van der Waals surface area contributed by atoms with E-state index in [1.165, 1.54) is 0 Å². The lowest BCUT2D eigenvalue weighted by molar-refractivity contribution is 0.601. The molecule has 0 aliphatic heterocycles. The molecule has 0 amide bonds. The molecular weight excluding hydrogens is 308 g/mol. The van der Waals surface area contributed by atoms with Gasteiger partial charge >= 0.3 is 0 Å². The summed E-state index contributed by atoms with van der Waals surface area (Å²) in [5.74, 6) is 0. The van der Waals surface area contributed by atoms with E-state index in [4.69, 9.17) is 17.3 Å². The summed E-state index contributed by atoms with van der Waals surface area (Å²) in [6.07, 6.45) is 0. The summed E-state index contributed by atoms with van der Waals surface area (Å²) in [4.78, 5) is 0.110. The first-order chi connectivity index (χ1) is 9.72. The first kappa shape index (κ1) is 15.7. The summed E-state index contributed by atoms with van der Waals surface area (Å²) in [6, 6.07) is 8.40. The lowest BCUT2D eigenvalue weighted by Crippen LogP contribution is -2.16. The van der Waals surface area contributed by atoms with Gasteiger partial charge in [0.25, 0.3) is 10.0 Å².